The molecule has 0 aromatic heterocycles. The van der Waals surface area contributed by atoms with E-state index in [4.69, 9.17) is 15.3 Å². The van der Waals surface area contributed by atoms with Gasteiger partial charge in [0.25, 0.3) is 0 Å². The highest BCUT2D eigenvalue weighted by Gasteiger charge is 2.23. The zero-order valence-corrected chi connectivity index (χ0v) is 7.90. The van der Waals surface area contributed by atoms with Gasteiger partial charge in [0.2, 0.25) is 5.92 Å². The van der Waals surface area contributed by atoms with Gasteiger partial charge in [-0.2, -0.15) is 10.5 Å². The van der Waals surface area contributed by atoms with Crippen molar-refractivity contribution in [1.29, 1.82) is 10.5 Å². The van der Waals surface area contributed by atoms with Gasteiger partial charge in [0.05, 0.1) is 12.1 Å². The van der Waals surface area contributed by atoms with Crippen molar-refractivity contribution >= 4 is 5.97 Å². The summed E-state index contributed by atoms with van der Waals surface area (Å²) in [6.07, 6.45) is 4.92. The van der Waals surface area contributed by atoms with E-state index >= 15 is 0 Å². The van der Waals surface area contributed by atoms with Gasteiger partial charge in [-0.05, 0) is 25.7 Å². The molecular formula is C10H12N2O2. The van der Waals surface area contributed by atoms with Crippen LogP contribution in [0.5, 0.6) is 0 Å². The van der Waals surface area contributed by atoms with Gasteiger partial charge in [-0.25, -0.2) is 4.79 Å². The lowest BCUT2D eigenvalue weighted by Crippen LogP contribution is -2.24. The molecule has 4 heteroatoms. The zero-order valence-electron chi connectivity index (χ0n) is 7.90. The number of nitriles is 2. The maximum Gasteiger partial charge on any atom is 0.338 e. The van der Waals surface area contributed by atoms with E-state index in [2.05, 4.69) is 0 Å². The molecule has 74 valence electrons. The minimum atomic E-state index is -1.27. The van der Waals surface area contributed by atoms with Crippen LogP contribution in [0.3, 0.4) is 0 Å². The van der Waals surface area contributed by atoms with Crippen molar-refractivity contribution in [3.63, 3.8) is 0 Å². The number of esters is 1. The van der Waals surface area contributed by atoms with Gasteiger partial charge in [0, 0.05) is 0 Å². The molecule has 0 atom stereocenters. The number of carbonyl (C=O) groups excluding carboxylic acids is 1. The molecule has 0 unspecified atom stereocenters. The van der Waals surface area contributed by atoms with Gasteiger partial charge in [-0.3, -0.25) is 0 Å². The Morgan fingerprint density at radius 1 is 1.21 bits per heavy atom. The van der Waals surface area contributed by atoms with Gasteiger partial charge in [-0.15, -0.1) is 0 Å². The van der Waals surface area contributed by atoms with Crippen molar-refractivity contribution in [2.45, 2.75) is 38.2 Å². The number of rotatable bonds is 2. The molecule has 14 heavy (non-hydrogen) atoms. The first-order chi connectivity index (χ1) is 6.77. The monoisotopic (exact) mass is 192 g/mol. The molecule has 0 amide bonds. The van der Waals surface area contributed by atoms with Crippen LogP contribution in [0.4, 0.5) is 0 Å². The quantitative estimate of drug-likeness (QED) is 0.622. The van der Waals surface area contributed by atoms with E-state index in [1.165, 1.54) is 6.42 Å². The van der Waals surface area contributed by atoms with Crippen molar-refractivity contribution in [1.82, 2.24) is 0 Å². The molecule has 1 aliphatic carbocycles. The van der Waals surface area contributed by atoms with E-state index in [-0.39, 0.29) is 6.10 Å². The number of ether oxygens (including phenoxy) is 1. The van der Waals surface area contributed by atoms with Crippen LogP contribution >= 0.6 is 0 Å². The van der Waals surface area contributed by atoms with E-state index in [0.29, 0.717) is 0 Å². The summed E-state index contributed by atoms with van der Waals surface area (Å²) in [5.41, 5.74) is 0. The fourth-order valence-electron chi connectivity index (χ4n) is 1.55. The molecule has 0 N–H and O–H groups in total. The third kappa shape index (κ3) is 2.74. The van der Waals surface area contributed by atoms with Gasteiger partial charge >= 0.3 is 5.97 Å². The summed E-state index contributed by atoms with van der Waals surface area (Å²) in [4.78, 5) is 11.2. The average Bonchev–Trinajstić information content (AvgIpc) is 2.21. The Balaban J connectivity index is 2.40. The van der Waals surface area contributed by atoms with E-state index < -0.39 is 11.9 Å². The minimum absolute atomic E-state index is 0.0829. The zero-order chi connectivity index (χ0) is 10.4. The SMILES string of the molecule is N#CC(C#N)C(=O)OC1CCCCC1. The maximum absolute atomic E-state index is 11.2. The maximum atomic E-state index is 11.2. The molecule has 0 heterocycles. The summed E-state index contributed by atoms with van der Waals surface area (Å²) in [7, 11) is 0. The normalized spacial score (nSPS) is 17.1. The highest BCUT2D eigenvalue weighted by atomic mass is 16.5. The molecule has 0 saturated heterocycles. The Morgan fingerprint density at radius 3 is 2.29 bits per heavy atom. The molecule has 1 aliphatic rings. The number of carbonyl (C=O) groups is 1. The van der Waals surface area contributed by atoms with E-state index in [0.717, 1.165) is 25.7 Å². The lowest BCUT2D eigenvalue weighted by atomic mass is 9.98. The Hall–Kier alpha value is -1.55. The molecule has 0 radical (unpaired) electrons. The van der Waals surface area contributed by atoms with Crippen LogP contribution in [0.25, 0.3) is 0 Å². The van der Waals surface area contributed by atoms with Gasteiger partial charge < -0.3 is 4.74 Å². The lowest BCUT2D eigenvalue weighted by Gasteiger charge is -2.21. The highest BCUT2D eigenvalue weighted by molar-refractivity contribution is 5.78. The second-order valence-corrected chi connectivity index (χ2v) is 3.39. The summed E-state index contributed by atoms with van der Waals surface area (Å²) in [6, 6.07) is 3.21. The van der Waals surface area contributed by atoms with E-state index in [1.54, 1.807) is 12.1 Å². The summed E-state index contributed by atoms with van der Waals surface area (Å²) in [5.74, 6) is -1.96. The molecule has 1 rings (SSSR count). The van der Waals surface area contributed by atoms with Crippen molar-refractivity contribution in [3.8, 4) is 12.1 Å². The second kappa shape index (κ2) is 5.24. The fourth-order valence-corrected chi connectivity index (χ4v) is 1.55. The summed E-state index contributed by atoms with van der Waals surface area (Å²) >= 11 is 0. The Bertz CT molecular complexity index is 267. The smallest absolute Gasteiger partial charge is 0.338 e. The summed E-state index contributed by atoms with van der Waals surface area (Å²) < 4.78 is 5.05. The van der Waals surface area contributed by atoms with Gasteiger partial charge in [-0.1, -0.05) is 6.42 Å². The predicted molar refractivity (Wildman–Crippen MR) is 47.7 cm³/mol. The molecule has 1 saturated carbocycles. The molecular weight excluding hydrogens is 180 g/mol. The summed E-state index contributed by atoms with van der Waals surface area (Å²) in [5, 5.41) is 16.9. The fraction of sp³-hybridized carbons (Fsp3) is 0.700. The van der Waals surface area contributed by atoms with Crippen LogP contribution < -0.4 is 0 Å². The van der Waals surface area contributed by atoms with Crippen LogP contribution in [-0.4, -0.2) is 12.1 Å². The molecule has 0 spiro atoms. The first-order valence-electron chi connectivity index (χ1n) is 4.77. The summed E-state index contributed by atoms with van der Waals surface area (Å²) in [6.45, 7) is 0. The third-order valence-corrected chi connectivity index (χ3v) is 2.33. The average molecular weight is 192 g/mol. The van der Waals surface area contributed by atoms with Crippen LogP contribution in [0.15, 0.2) is 0 Å². The number of hydrogen-bond donors (Lipinski definition) is 0. The topological polar surface area (TPSA) is 73.9 Å². The van der Waals surface area contributed by atoms with Crippen LogP contribution in [-0.2, 0) is 9.53 Å². The number of nitrogens with zero attached hydrogens (tertiary/aromatic N) is 2. The molecule has 0 aliphatic heterocycles. The standard InChI is InChI=1S/C10H12N2O2/c11-6-8(7-12)10(13)14-9-4-2-1-3-5-9/h8-9H,1-5H2. The van der Waals surface area contributed by atoms with Crippen molar-refractivity contribution < 1.29 is 9.53 Å². The van der Waals surface area contributed by atoms with Crippen molar-refractivity contribution in [3.05, 3.63) is 0 Å². The van der Waals surface area contributed by atoms with E-state index in [9.17, 15) is 4.79 Å². The van der Waals surface area contributed by atoms with E-state index in [1.807, 2.05) is 0 Å². The Labute approximate surface area is 83.1 Å². The predicted octanol–water partition coefficient (Wildman–Crippen LogP) is 1.53. The van der Waals surface area contributed by atoms with Crippen molar-refractivity contribution in [2.24, 2.45) is 5.92 Å². The van der Waals surface area contributed by atoms with Crippen LogP contribution in [0.1, 0.15) is 32.1 Å². The Morgan fingerprint density at radius 2 is 1.79 bits per heavy atom. The van der Waals surface area contributed by atoms with Crippen molar-refractivity contribution in [2.75, 3.05) is 0 Å². The second-order valence-electron chi connectivity index (χ2n) is 3.39. The van der Waals surface area contributed by atoms with Crippen LogP contribution in [0.2, 0.25) is 0 Å². The largest absolute Gasteiger partial charge is 0.461 e. The molecule has 0 aromatic carbocycles. The number of hydrogen-bond acceptors (Lipinski definition) is 4. The van der Waals surface area contributed by atoms with Gasteiger partial charge in [0.15, 0.2) is 0 Å². The third-order valence-electron chi connectivity index (χ3n) is 2.33. The molecule has 0 aromatic rings. The molecule has 1 fully saturated rings. The lowest BCUT2D eigenvalue weighted by molar-refractivity contribution is -0.151. The van der Waals surface area contributed by atoms with Gasteiger partial charge in [0.1, 0.15) is 6.10 Å². The minimum Gasteiger partial charge on any atom is -0.461 e. The Kier molecular flexibility index (Phi) is 3.94. The molecule has 4 nitrogen and oxygen atoms in total. The molecule has 0 bridgehead atoms. The first kappa shape index (κ1) is 10.5. The van der Waals surface area contributed by atoms with Crippen LogP contribution in [0, 0.1) is 28.6 Å². The first-order valence-corrected chi connectivity index (χ1v) is 4.77. The highest BCUT2D eigenvalue weighted by Crippen LogP contribution is 2.21.